The Kier molecular flexibility index (Phi) is 5.61. The number of pyridine rings is 1. The molecule has 0 unspecified atom stereocenters. The number of rotatable bonds is 5. The topological polar surface area (TPSA) is 62.2 Å². The second-order valence-corrected chi connectivity index (χ2v) is 6.02. The lowest BCUT2D eigenvalue weighted by molar-refractivity contribution is 0.102. The van der Waals surface area contributed by atoms with E-state index in [1.807, 2.05) is 12.1 Å². The number of carbonyl (C=O) groups excluding carboxylic acids is 1. The molecule has 26 heavy (non-hydrogen) atoms. The van der Waals surface area contributed by atoms with E-state index in [9.17, 15) is 9.18 Å². The summed E-state index contributed by atoms with van der Waals surface area (Å²) in [5.41, 5.74) is 2.13. The Morgan fingerprint density at radius 2 is 1.96 bits per heavy atom. The molecular formula is C20H16ClFN2O2. The molecule has 0 saturated carbocycles. The van der Waals surface area contributed by atoms with E-state index >= 15 is 0 Å². The van der Waals surface area contributed by atoms with Crippen molar-refractivity contribution in [2.45, 2.75) is 6.42 Å². The van der Waals surface area contributed by atoms with Crippen LogP contribution in [0, 0.1) is 5.82 Å². The highest BCUT2D eigenvalue weighted by Crippen LogP contribution is 2.28. The van der Waals surface area contributed by atoms with Crippen LogP contribution < -0.4 is 5.32 Å². The smallest absolute Gasteiger partial charge is 0.255 e. The summed E-state index contributed by atoms with van der Waals surface area (Å²) in [6.45, 7) is -0.0267. The molecule has 1 amide bonds. The van der Waals surface area contributed by atoms with Gasteiger partial charge >= 0.3 is 0 Å². The quantitative estimate of drug-likeness (QED) is 0.702. The van der Waals surface area contributed by atoms with Crippen molar-refractivity contribution >= 4 is 23.2 Å². The number of nitrogens with one attached hydrogen (secondary N) is 1. The monoisotopic (exact) mass is 370 g/mol. The Morgan fingerprint density at radius 3 is 2.69 bits per heavy atom. The van der Waals surface area contributed by atoms with Crippen molar-refractivity contribution in [3.05, 3.63) is 82.8 Å². The lowest BCUT2D eigenvalue weighted by atomic mass is 10.1. The van der Waals surface area contributed by atoms with Crippen molar-refractivity contribution in [1.82, 2.24) is 4.98 Å². The zero-order valence-electron chi connectivity index (χ0n) is 13.7. The van der Waals surface area contributed by atoms with Gasteiger partial charge < -0.3 is 10.4 Å². The molecule has 0 spiro atoms. The van der Waals surface area contributed by atoms with Crippen LogP contribution in [0.15, 0.2) is 60.8 Å². The van der Waals surface area contributed by atoms with Crippen molar-refractivity contribution in [3.63, 3.8) is 0 Å². The van der Waals surface area contributed by atoms with E-state index in [0.717, 1.165) is 11.6 Å². The molecule has 3 rings (SSSR count). The highest BCUT2D eigenvalue weighted by atomic mass is 35.5. The number of halogens is 2. The van der Waals surface area contributed by atoms with Crippen LogP contribution in [-0.2, 0) is 6.42 Å². The molecule has 1 heterocycles. The first-order valence-corrected chi connectivity index (χ1v) is 8.38. The number of hydrogen-bond acceptors (Lipinski definition) is 3. The normalized spacial score (nSPS) is 10.6. The highest BCUT2D eigenvalue weighted by Gasteiger charge is 2.14. The summed E-state index contributed by atoms with van der Waals surface area (Å²) >= 11 is 6.06. The largest absolute Gasteiger partial charge is 0.396 e. The predicted molar refractivity (Wildman–Crippen MR) is 99.8 cm³/mol. The summed E-state index contributed by atoms with van der Waals surface area (Å²) < 4.78 is 14.5. The molecule has 0 aliphatic heterocycles. The number of para-hydroxylation sites is 1. The lowest BCUT2D eigenvalue weighted by Gasteiger charge is -2.11. The van der Waals surface area contributed by atoms with Gasteiger partial charge in [0.2, 0.25) is 0 Å². The molecule has 0 atom stereocenters. The number of benzene rings is 2. The average molecular weight is 371 g/mol. The summed E-state index contributed by atoms with van der Waals surface area (Å²) in [5, 5.41) is 12.2. The molecule has 0 radical (unpaired) electrons. The molecule has 2 aromatic carbocycles. The van der Waals surface area contributed by atoms with Gasteiger partial charge in [-0.1, -0.05) is 29.8 Å². The zero-order valence-corrected chi connectivity index (χ0v) is 14.5. The third-order valence-corrected chi connectivity index (χ3v) is 4.20. The van der Waals surface area contributed by atoms with Gasteiger partial charge in [0, 0.05) is 29.6 Å². The first-order chi connectivity index (χ1) is 12.6. The van der Waals surface area contributed by atoms with Crippen LogP contribution in [0.4, 0.5) is 10.1 Å². The van der Waals surface area contributed by atoms with E-state index < -0.39 is 11.7 Å². The molecule has 1 aromatic heterocycles. The standard InChI is InChI=1S/C20H16ClFN2O2/c21-16-5-3-10-23-19(16)15-8-7-14(12-17(15)22)20(26)24-18-6-2-1-4-13(18)9-11-25/h1-8,10,12,25H,9,11H2,(H,24,26). The molecule has 132 valence electrons. The molecule has 4 nitrogen and oxygen atoms in total. The number of aromatic nitrogens is 1. The van der Waals surface area contributed by atoms with Crippen LogP contribution >= 0.6 is 11.6 Å². The minimum atomic E-state index is -0.582. The number of aliphatic hydroxyl groups excluding tert-OH is 1. The SMILES string of the molecule is O=C(Nc1ccccc1CCO)c1ccc(-c2ncccc2Cl)c(F)c1. The Labute approximate surface area is 155 Å². The van der Waals surface area contributed by atoms with E-state index in [0.29, 0.717) is 22.8 Å². The third-order valence-electron chi connectivity index (χ3n) is 3.89. The Hall–Kier alpha value is -2.76. The van der Waals surface area contributed by atoms with Crippen molar-refractivity contribution in [1.29, 1.82) is 0 Å². The van der Waals surface area contributed by atoms with Gasteiger partial charge in [-0.3, -0.25) is 9.78 Å². The molecule has 0 bridgehead atoms. The van der Waals surface area contributed by atoms with Crippen molar-refractivity contribution in [2.24, 2.45) is 0 Å². The maximum atomic E-state index is 14.5. The number of anilines is 1. The van der Waals surface area contributed by atoms with Gasteiger partial charge in [-0.15, -0.1) is 0 Å². The Morgan fingerprint density at radius 1 is 1.15 bits per heavy atom. The molecule has 3 aromatic rings. The van der Waals surface area contributed by atoms with Gasteiger partial charge in [0.25, 0.3) is 5.91 Å². The van der Waals surface area contributed by atoms with Gasteiger partial charge in [0.1, 0.15) is 5.82 Å². The highest BCUT2D eigenvalue weighted by molar-refractivity contribution is 6.33. The summed E-state index contributed by atoms with van der Waals surface area (Å²) in [5.74, 6) is -1.02. The predicted octanol–water partition coefficient (Wildman–Crippen LogP) is 4.33. The maximum Gasteiger partial charge on any atom is 0.255 e. The second kappa shape index (κ2) is 8.08. The van der Waals surface area contributed by atoms with Gasteiger partial charge in [0.05, 0.1) is 10.7 Å². The van der Waals surface area contributed by atoms with Crippen molar-refractivity contribution in [3.8, 4) is 11.3 Å². The number of nitrogens with zero attached hydrogens (tertiary/aromatic N) is 1. The van der Waals surface area contributed by atoms with Crippen molar-refractivity contribution in [2.75, 3.05) is 11.9 Å². The van der Waals surface area contributed by atoms with Crippen LogP contribution in [0.2, 0.25) is 5.02 Å². The van der Waals surface area contributed by atoms with Gasteiger partial charge in [0.15, 0.2) is 0 Å². The fourth-order valence-corrected chi connectivity index (χ4v) is 2.83. The van der Waals surface area contributed by atoms with Crippen molar-refractivity contribution < 1.29 is 14.3 Å². The number of carbonyl (C=O) groups is 1. The zero-order chi connectivity index (χ0) is 18.5. The number of hydrogen-bond donors (Lipinski definition) is 2. The average Bonchev–Trinajstić information content (AvgIpc) is 2.64. The van der Waals surface area contributed by atoms with Gasteiger partial charge in [-0.05, 0) is 48.4 Å². The van der Waals surface area contributed by atoms with Gasteiger partial charge in [-0.25, -0.2) is 4.39 Å². The van der Waals surface area contributed by atoms with E-state index in [4.69, 9.17) is 16.7 Å². The molecular weight excluding hydrogens is 355 g/mol. The van der Waals surface area contributed by atoms with Crippen LogP contribution in [0.3, 0.4) is 0 Å². The van der Waals surface area contributed by atoms with E-state index in [2.05, 4.69) is 10.3 Å². The second-order valence-electron chi connectivity index (χ2n) is 5.61. The summed E-state index contributed by atoms with van der Waals surface area (Å²) in [6, 6.07) is 14.6. The molecule has 0 fully saturated rings. The lowest BCUT2D eigenvalue weighted by Crippen LogP contribution is -2.14. The number of aliphatic hydroxyl groups is 1. The van der Waals surface area contributed by atoms with E-state index in [1.54, 1.807) is 24.3 Å². The minimum Gasteiger partial charge on any atom is -0.396 e. The minimum absolute atomic E-state index is 0.0267. The molecule has 0 aliphatic carbocycles. The fraction of sp³-hybridized carbons (Fsp3) is 0.100. The summed E-state index contributed by atoms with van der Waals surface area (Å²) in [6.07, 6.45) is 1.95. The fourth-order valence-electron chi connectivity index (χ4n) is 2.61. The van der Waals surface area contributed by atoms with E-state index in [1.165, 1.54) is 18.3 Å². The van der Waals surface area contributed by atoms with Crippen LogP contribution in [0.5, 0.6) is 0 Å². The number of amides is 1. The summed E-state index contributed by atoms with van der Waals surface area (Å²) in [7, 11) is 0. The Bertz CT molecular complexity index is 947. The van der Waals surface area contributed by atoms with Crippen LogP contribution in [-0.4, -0.2) is 22.6 Å². The molecule has 0 aliphatic rings. The van der Waals surface area contributed by atoms with Gasteiger partial charge in [-0.2, -0.15) is 0 Å². The van der Waals surface area contributed by atoms with Crippen LogP contribution in [0.1, 0.15) is 15.9 Å². The van der Waals surface area contributed by atoms with Crippen LogP contribution in [0.25, 0.3) is 11.3 Å². The molecule has 2 N–H and O–H groups in total. The first kappa shape index (κ1) is 18.0. The molecule has 6 heteroatoms. The third kappa shape index (κ3) is 3.90. The first-order valence-electron chi connectivity index (χ1n) is 8.00. The molecule has 0 saturated heterocycles. The maximum absolute atomic E-state index is 14.5. The van der Waals surface area contributed by atoms with E-state index in [-0.39, 0.29) is 17.7 Å². The Balaban J connectivity index is 1.86. The summed E-state index contributed by atoms with van der Waals surface area (Å²) in [4.78, 5) is 16.5.